The molecule has 0 aromatic carbocycles. The number of hydrogen-bond acceptors (Lipinski definition) is 2. The van der Waals surface area contributed by atoms with Crippen molar-refractivity contribution in [3.05, 3.63) is 0 Å². The second kappa shape index (κ2) is 8.10. The zero-order chi connectivity index (χ0) is 12.7. The van der Waals surface area contributed by atoms with E-state index in [4.69, 9.17) is 5.73 Å². The Morgan fingerprint density at radius 2 is 2.00 bits per heavy atom. The molecule has 2 heteroatoms. The lowest BCUT2D eigenvalue weighted by molar-refractivity contribution is 0.290. The van der Waals surface area contributed by atoms with Crippen LogP contribution in [0.2, 0.25) is 0 Å². The molecule has 3 atom stereocenters. The minimum Gasteiger partial charge on any atom is -0.330 e. The van der Waals surface area contributed by atoms with Crippen molar-refractivity contribution >= 4 is 0 Å². The van der Waals surface area contributed by atoms with Crippen LogP contribution in [-0.2, 0) is 0 Å². The smallest absolute Gasteiger partial charge is 0.000926 e. The van der Waals surface area contributed by atoms with E-state index >= 15 is 0 Å². The van der Waals surface area contributed by atoms with Crippen LogP contribution in [0, 0.1) is 17.8 Å². The second-order valence-corrected chi connectivity index (χ2v) is 6.11. The van der Waals surface area contributed by atoms with Gasteiger partial charge in [-0.3, -0.25) is 0 Å². The number of rotatable bonds is 10. The second-order valence-electron chi connectivity index (χ2n) is 6.11. The fourth-order valence-corrected chi connectivity index (χ4v) is 2.87. The molecule has 0 aromatic rings. The van der Waals surface area contributed by atoms with Crippen molar-refractivity contribution in [1.29, 1.82) is 0 Å². The lowest BCUT2D eigenvalue weighted by Gasteiger charge is -2.19. The third-order valence-electron chi connectivity index (χ3n) is 4.25. The Morgan fingerprint density at radius 1 is 1.29 bits per heavy atom. The van der Waals surface area contributed by atoms with Crippen LogP contribution in [0.1, 0.15) is 52.4 Å². The highest BCUT2D eigenvalue weighted by atomic mass is 15.1. The maximum Gasteiger partial charge on any atom is 0.000926 e. The zero-order valence-electron chi connectivity index (χ0n) is 12.1. The predicted molar refractivity (Wildman–Crippen MR) is 76.1 cm³/mol. The third-order valence-corrected chi connectivity index (χ3v) is 4.25. The summed E-state index contributed by atoms with van der Waals surface area (Å²) in [4.78, 5) is 2.53. The SMILES string of the molecule is CCCC(CCN)CCCN(C)CC1CC1C. The predicted octanol–water partition coefficient (Wildman–Crippen LogP) is 3.12. The Hall–Kier alpha value is -0.0800. The largest absolute Gasteiger partial charge is 0.330 e. The Balaban J connectivity index is 2.03. The normalized spacial score (nSPS) is 25.2. The van der Waals surface area contributed by atoms with Gasteiger partial charge in [0.15, 0.2) is 0 Å². The van der Waals surface area contributed by atoms with Crippen LogP contribution in [0.3, 0.4) is 0 Å². The van der Waals surface area contributed by atoms with Crippen LogP contribution in [0.5, 0.6) is 0 Å². The van der Waals surface area contributed by atoms with E-state index in [0.29, 0.717) is 0 Å². The fraction of sp³-hybridized carbons (Fsp3) is 1.00. The minimum absolute atomic E-state index is 0.861. The molecule has 2 nitrogen and oxygen atoms in total. The molecular weight excluding hydrogens is 208 g/mol. The maximum atomic E-state index is 5.67. The average Bonchev–Trinajstić information content (AvgIpc) is 2.94. The van der Waals surface area contributed by atoms with Crippen molar-refractivity contribution in [3.63, 3.8) is 0 Å². The fourth-order valence-electron chi connectivity index (χ4n) is 2.87. The van der Waals surface area contributed by atoms with Crippen LogP contribution in [0.25, 0.3) is 0 Å². The van der Waals surface area contributed by atoms with Gasteiger partial charge in [-0.25, -0.2) is 0 Å². The maximum absolute atomic E-state index is 5.67. The van der Waals surface area contributed by atoms with E-state index < -0.39 is 0 Å². The Kier molecular flexibility index (Phi) is 7.14. The first kappa shape index (κ1) is 15.0. The van der Waals surface area contributed by atoms with Crippen molar-refractivity contribution < 1.29 is 0 Å². The Morgan fingerprint density at radius 3 is 2.53 bits per heavy atom. The molecule has 102 valence electrons. The summed E-state index contributed by atoms with van der Waals surface area (Å²) < 4.78 is 0. The van der Waals surface area contributed by atoms with E-state index in [1.807, 2.05) is 0 Å². The summed E-state index contributed by atoms with van der Waals surface area (Å²) in [5.74, 6) is 2.86. The third kappa shape index (κ3) is 6.42. The van der Waals surface area contributed by atoms with Gasteiger partial charge in [0, 0.05) is 6.54 Å². The van der Waals surface area contributed by atoms with E-state index in [-0.39, 0.29) is 0 Å². The van der Waals surface area contributed by atoms with Crippen LogP contribution < -0.4 is 5.73 Å². The zero-order valence-corrected chi connectivity index (χ0v) is 12.1. The van der Waals surface area contributed by atoms with Crippen molar-refractivity contribution in [2.24, 2.45) is 23.5 Å². The molecule has 1 saturated carbocycles. The summed E-state index contributed by atoms with van der Waals surface area (Å²) in [7, 11) is 2.28. The lowest BCUT2D eigenvalue weighted by Crippen LogP contribution is -2.23. The van der Waals surface area contributed by atoms with Gasteiger partial charge in [0.2, 0.25) is 0 Å². The highest BCUT2D eigenvalue weighted by Crippen LogP contribution is 2.37. The molecule has 0 bridgehead atoms. The number of hydrogen-bond donors (Lipinski definition) is 1. The molecule has 0 spiro atoms. The summed E-state index contributed by atoms with van der Waals surface area (Å²) in [5.41, 5.74) is 5.67. The van der Waals surface area contributed by atoms with E-state index in [0.717, 1.165) is 24.3 Å². The van der Waals surface area contributed by atoms with Gasteiger partial charge in [0.05, 0.1) is 0 Å². The molecule has 0 aliphatic heterocycles. The highest BCUT2D eigenvalue weighted by Gasteiger charge is 2.32. The molecule has 1 fully saturated rings. The van der Waals surface area contributed by atoms with Crippen LogP contribution in [-0.4, -0.2) is 31.6 Å². The molecule has 0 heterocycles. The molecular formula is C15H32N2. The number of nitrogens with zero attached hydrogens (tertiary/aromatic N) is 1. The standard InChI is InChI=1S/C15H32N2/c1-4-6-14(8-9-16)7-5-10-17(3)12-15-11-13(15)2/h13-15H,4-12,16H2,1-3H3. The van der Waals surface area contributed by atoms with Gasteiger partial charge >= 0.3 is 0 Å². The van der Waals surface area contributed by atoms with Crippen molar-refractivity contribution in [3.8, 4) is 0 Å². The van der Waals surface area contributed by atoms with Gasteiger partial charge in [0.25, 0.3) is 0 Å². The average molecular weight is 240 g/mol. The first-order valence-electron chi connectivity index (χ1n) is 7.56. The molecule has 2 N–H and O–H groups in total. The summed E-state index contributed by atoms with van der Waals surface area (Å²) in [6.07, 6.45) is 8.06. The van der Waals surface area contributed by atoms with Gasteiger partial charge < -0.3 is 10.6 Å². The Labute approximate surface area is 108 Å². The molecule has 1 aliphatic rings. The molecule has 0 saturated heterocycles. The van der Waals surface area contributed by atoms with E-state index in [1.54, 1.807) is 0 Å². The van der Waals surface area contributed by atoms with Crippen molar-refractivity contribution in [1.82, 2.24) is 4.90 Å². The monoisotopic (exact) mass is 240 g/mol. The summed E-state index contributed by atoms with van der Waals surface area (Å²) in [5, 5.41) is 0. The highest BCUT2D eigenvalue weighted by molar-refractivity contribution is 4.84. The van der Waals surface area contributed by atoms with E-state index in [2.05, 4.69) is 25.8 Å². The first-order valence-corrected chi connectivity index (χ1v) is 7.56. The Bertz CT molecular complexity index is 187. The minimum atomic E-state index is 0.861. The van der Waals surface area contributed by atoms with E-state index in [9.17, 15) is 0 Å². The molecule has 17 heavy (non-hydrogen) atoms. The first-order chi connectivity index (χ1) is 8.17. The van der Waals surface area contributed by atoms with Crippen LogP contribution >= 0.6 is 0 Å². The van der Waals surface area contributed by atoms with Gasteiger partial charge in [-0.1, -0.05) is 26.7 Å². The molecule has 3 unspecified atom stereocenters. The van der Waals surface area contributed by atoms with Gasteiger partial charge in [-0.2, -0.15) is 0 Å². The number of nitrogens with two attached hydrogens (primary N) is 1. The van der Waals surface area contributed by atoms with Crippen molar-refractivity contribution in [2.45, 2.75) is 52.4 Å². The molecule has 1 rings (SSSR count). The summed E-state index contributed by atoms with van der Waals surface area (Å²) in [6, 6.07) is 0. The van der Waals surface area contributed by atoms with Gasteiger partial charge in [0.1, 0.15) is 0 Å². The lowest BCUT2D eigenvalue weighted by atomic mass is 9.94. The topological polar surface area (TPSA) is 29.3 Å². The van der Waals surface area contributed by atoms with Gasteiger partial charge in [-0.05, 0) is 63.6 Å². The van der Waals surface area contributed by atoms with Crippen LogP contribution in [0.15, 0.2) is 0 Å². The van der Waals surface area contributed by atoms with E-state index in [1.165, 1.54) is 51.6 Å². The molecule has 0 amide bonds. The summed E-state index contributed by atoms with van der Waals surface area (Å²) in [6.45, 7) is 8.10. The molecule has 0 radical (unpaired) electrons. The molecule has 0 aromatic heterocycles. The summed E-state index contributed by atoms with van der Waals surface area (Å²) >= 11 is 0. The van der Waals surface area contributed by atoms with Crippen LogP contribution in [0.4, 0.5) is 0 Å². The molecule has 1 aliphatic carbocycles. The quantitative estimate of drug-likeness (QED) is 0.636. The van der Waals surface area contributed by atoms with Crippen molar-refractivity contribution in [2.75, 3.05) is 26.7 Å². The van der Waals surface area contributed by atoms with Gasteiger partial charge in [-0.15, -0.1) is 0 Å².